The van der Waals surface area contributed by atoms with Crippen LogP contribution in [0.2, 0.25) is 0 Å². The largest absolute Gasteiger partial charge is 0.496 e. The van der Waals surface area contributed by atoms with E-state index in [1.165, 1.54) is 6.42 Å². The van der Waals surface area contributed by atoms with Crippen molar-refractivity contribution in [3.05, 3.63) is 28.2 Å². The van der Waals surface area contributed by atoms with Crippen LogP contribution in [0.5, 0.6) is 5.75 Å². The summed E-state index contributed by atoms with van der Waals surface area (Å²) in [6, 6.07) is 5.61. The first-order valence-electron chi connectivity index (χ1n) is 6.07. The lowest BCUT2D eigenvalue weighted by molar-refractivity contribution is 0.0914. The molecule has 2 fully saturated rings. The van der Waals surface area contributed by atoms with Gasteiger partial charge in [-0.3, -0.25) is 4.79 Å². The van der Waals surface area contributed by atoms with Gasteiger partial charge in [0, 0.05) is 11.5 Å². The summed E-state index contributed by atoms with van der Waals surface area (Å²) < 4.78 is 6.03. The number of halogens is 1. The molecule has 0 saturated heterocycles. The minimum atomic E-state index is 0.263. The SMILES string of the molecule is COc1ccc(C(=O)C2CC3CC3C2)cc1Br. The van der Waals surface area contributed by atoms with Crippen LogP contribution in [-0.4, -0.2) is 12.9 Å². The molecule has 1 aromatic rings. The number of hydrogen-bond donors (Lipinski definition) is 0. The Morgan fingerprint density at radius 1 is 1.29 bits per heavy atom. The van der Waals surface area contributed by atoms with E-state index in [0.717, 1.165) is 40.5 Å². The van der Waals surface area contributed by atoms with Gasteiger partial charge in [-0.25, -0.2) is 0 Å². The molecule has 2 aliphatic carbocycles. The van der Waals surface area contributed by atoms with Crippen LogP contribution in [0.15, 0.2) is 22.7 Å². The molecular formula is C14H15BrO2. The summed E-state index contributed by atoms with van der Waals surface area (Å²) in [5.41, 5.74) is 0.809. The van der Waals surface area contributed by atoms with Crippen molar-refractivity contribution >= 4 is 21.7 Å². The van der Waals surface area contributed by atoms with Gasteiger partial charge in [-0.1, -0.05) is 0 Å². The summed E-state index contributed by atoms with van der Waals surface area (Å²) in [7, 11) is 1.63. The summed E-state index contributed by atoms with van der Waals surface area (Å²) in [4.78, 5) is 12.3. The number of ketones is 1. The average molecular weight is 295 g/mol. The molecule has 2 atom stereocenters. The van der Waals surface area contributed by atoms with Gasteiger partial charge < -0.3 is 4.74 Å². The Balaban J connectivity index is 1.79. The van der Waals surface area contributed by atoms with Crippen molar-refractivity contribution in [2.75, 3.05) is 7.11 Å². The van der Waals surface area contributed by atoms with E-state index in [9.17, 15) is 4.79 Å². The van der Waals surface area contributed by atoms with Crippen LogP contribution in [0.3, 0.4) is 0 Å². The maximum absolute atomic E-state index is 12.3. The second-order valence-electron chi connectivity index (χ2n) is 5.14. The molecular weight excluding hydrogens is 280 g/mol. The normalized spacial score (nSPS) is 29.9. The smallest absolute Gasteiger partial charge is 0.166 e. The molecule has 90 valence electrons. The zero-order valence-electron chi connectivity index (χ0n) is 9.78. The van der Waals surface area contributed by atoms with Gasteiger partial charge in [-0.15, -0.1) is 0 Å². The zero-order valence-corrected chi connectivity index (χ0v) is 11.4. The third-order valence-electron chi connectivity index (χ3n) is 4.05. The van der Waals surface area contributed by atoms with E-state index >= 15 is 0 Å². The lowest BCUT2D eigenvalue weighted by Crippen LogP contribution is -2.13. The first kappa shape index (κ1) is 11.3. The highest BCUT2D eigenvalue weighted by Gasteiger charge is 2.47. The standard InChI is InChI=1S/C14H15BrO2/c1-17-13-3-2-8(7-12(13)15)14(16)11-5-9-4-10(9)6-11/h2-3,7,9-11H,4-6H2,1H3. The molecule has 3 heteroatoms. The van der Waals surface area contributed by atoms with Crippen molar-refractivity contribution in [3.63, 3.8) is 0 Å². The molecule has 2 aliphatic rings. The highest BCUT2D eigenvalue weighted by Crippen LogP contribution is 2.55. The predicted octanol–water partition coefficient (Wildman–Crippen LogP) is 3.69. The third-order valence-corrected chi connectivity index (χ3v) is 4.67. The average Bonchev–Trinajstić information content (AvgIpc) is 2.95. The molecule has 0 N–H and O–H groups in total. The van der Waals surface area contributed by atoms with Gasteiger partial charge in [-0.05, 0) is 65.2 Å². The van der Waals surface area contributed by atoms with Crippen LogP contribution in [0.25, 0.3) is 0 Å². The molecule has 2 nitrogen and oxygen atoms in total. The third kappa shape index (κ3) is 2.01. The highest BCUT2D eigenvalue weighted by molar-refractivity contribution is 9.10. The Hall–Kier alpha value is -0.830. The summed E-state index contributed by atoms with van der Waals surface area (Å²) in [6.07, 6.45) is 3.57. The number of Topliss-reactive ketones (excluding diaryl/α,β-unsaturated/α-hetero) is 1. The second-order valence-corrected chi connectivity index (χ2v) is 5.99. The highest BCUT2D eigenvalue weighted by atomic mass is 79.9. The number of rotatable bonds is 3. The fourth-order valence-electron chi connectivity index (χ4n) is 2.98. The van der Waals surface area contributed by atoms with Gasteiger partial charge in [0.25, 0.3) is 0 Å². The van der Waals surface area contributed by atoms with E-state index < -0.39 is 0 Å². The molecule has 0 spiro atoms. The quantitative estimate of drug-likeness (QED) is 0.795. The Bertz CT molecular complexity index is 459. The van der Waals surface area contributed by atoms with Gasteiger partial charge in [0.15, 0.2) is 5.78 Å². The number of methoxy groups -OCH3 is 1. The monoisotopic (exact) mass is 294 g/mol. The predicted molar refractivity (Wildman–Crippen MR) is 69.3 cm³/mol. The molecule has 0 amide bonds. The number of carbonyl (C=O) groups is 1. The molecule has 0 heterocycles. The molecule has 17 heavy (non-hydrogen) atoms. The van der Waals surface area contributed by atoms with Gasteiger partial charge in [0.05, 0.1) is 11.6 Å². The van der Waals surface area contributed by atoms with Crippen molar-refractivity contribution in [2.24, 2.45) is 17.8 Å². The van der Waals surface area contributed by atoms with Crippen molar-refractivity contribution in [3.8, 4) is 5.75 Å². The van der Waals surface area contributed by atoms with Gasteiger partial charge in [0.1, 0.15) is 5.75 Å². The van der Waals surface area contributed by atoms with E-state index in [4.69, 9.17) is 4.74 Å². The number of benzene rings is 1. The van der Waals surface area contributed by atoms with Crippen LogP contribution in [0, 0.1) is 17.8 Å². The van der Waals surface area contributed by atoms with E-state index in [2.05, 4.69) is 15.9 Å². The first-order chi connectivity index (χ1) is 8.19. The minimum absolute atomic E-state index is 0.263. The molecule has 0 aliphatic heterocycles. The fraction of sp³-hybridized carbons (Fsp3) is 0.500. The lowest BCUT2D eigenvalue weighted by Gasteiger charge is -2.11. The molecule has 2 saturated carbocycles. The van der Waals surface area contributed by atoms with Crippen LogP contribution in [0.1, 0.15) is 29.6 Å². The van der Waals surface area contributed by atoms with E-state index in [1.54, 1.807) is 7.11 Å². The zero-order chi connectivity index (χ0) is 12.0. The van der Waals surface area contributed by atoms with Crippen LogP contribution in [0.4, 0.5) is 0 Å². The summed E-state index contributed by atoms with van der Waals surface area (Å²) >= 11 is 3.43. The molecule has 0 radical (unpaired) electrons. The van der Waals surface area contributed by atoms with Crippen LogP contribution in [-0.2, 0) is 0 Å². The first-order valence-corrected chi connectivity index (χ1v) is 6.86. The maximum atomic E-state index is 12.3. The number of ether oxygens (including phenoxy) is 1. The molecule has 0 bridgehead atoms. The maximum Gasteiger partial charge on any atom is 0.166 e. The Morgan fingerprint density at radius 3 is 2.59 bits per heavy atom. The van der Waals surface area contributed by atoms with Crippen molar-refractivity contribution in [1.82, 2.24) is 0 Å². The number of hydrogen-bond acceptors (Lipinski definition) is 2. The molecule has 0 aromatic heterocycles. The fourth-order valence-corrected chi connectivity index (χ4v) is 3.52. The van der Waals surface area contributed by atoms with E-state index in [1.807, 2.05) is 18.2 Å². The van der Waals surface area contributed by atoms with Crippen LogP contribution < -0.4 is 4.74 Å². The molecule has 2 unspecified atom stereocenters. The number of fused-ring (bicyclic) bond motifs is 1. The van der Waals surface area contributed by atoms with Gasteiger partial charge in [0.2, 0.25) is 0 Å². The van der Waals surface area contributed by atoms with Gasteiger partial charge in [-0.2, -0.15) is 0 Å². The van der Waals surface area contributed by atoms with Crippen molar-refractivity contribution in [1.29, 1.82) is 0 Å². The Labute approximate surface area is 109 Å². The molecule has 1 aromatic carbocycles. The Morgan fingerprint density at radius 2 is 2.00 bits per heavy atom. The van der Waals surface area contributed by atoms with Crippen LogP contribution >= 0.6 is 15.9 Å². The summed E-state index contributed by atoms with van der Waals surface area (Å²) in [5, 5.41) is 0. The summed E-state index contributed by atoms with van der Waals surface area (Å²) in [6.45, 7) is 0. The van der Waals surface area contributed by atoms with E-state index in [-0.39, 0.29) is 5.92 Å². The lowest BCUT2D eigenvalue weighted by atomic mass is 9.93. The van der Waals surface area contributed by atoms with Crippen molar-refractivity contribution in [2.45, 2.75) is 19.3 Å². The second kappa shape index (κ2) is 4.13. The minimum Gasteiger partial charge on any atom is -0.496 e. The van der Waals surface area contributed by atoms with Gasteiger partial charge >= 0.3 is 0 Å². The summed E-state index contributed by atoms with van der Waals surface area (Å²) in [5.74, 6) is 3.05. The van der Waals surface area contributed by atoms with E-state index in [0.29, 0.717) is 5.78 Å². The topological polar surface area (TPSA) is 26.3 Å². The number of carbonyl (C=O) groups excluding carboxylic acids is 1. The van der Waals surface area contributed by atoms with Crippen molar-refractivity contribution < 1.29 is 9.53 Å². The molecule has 3 rings (SSSR count). The Kier molecular flexibility index (Phi) is 2.74.